The number of nitrogens with one attached hydrogen (secondary N) is 1. The molecule has 1 N–H and O–H groups in total. The molecule has 1 heterocycles. The Balaban J connectivity index is 1.40. The zero-order valence-electron chi connectivity index (χ0n) is 12.8. The van der Waals surface area contributed by atoms with Gasteiger partial charge in [-0.25, -0.2) is 4.79 Å². The highest BCUT2D eigenvalue weighted by Crippen LogP contribution is 2.54. The van der Waals surface area contributed by atoms with Gasteiger partial charge in [0, 0.05) is 5.02 Å². The summed E-state index contributed by atoms with van der Waals surface area (Å²) in [5.41, 5.74) is -0.614. The molecular formula is C17H19ClN2O3. The number of halogens is 1. The summed E-state index contributed by atoms with van der Waals surface area (Å²) in [6.07, 6.45) is 4.16. The van der Waals surface area contributed by atoms with E-state index in [2.05, 4.69) is 5.32 Å². The molecule has 1 saturated heterocycles. The normalized spacial score (nSPS) is 23.1. The van der Waals surface area contributed by atoms with E-state index in [9.17, 15) is 9.59 Å². The first kappa shape index (κ1) is 14.8. The molecule has 23 heavy (non-hydrogen) atoms. The highest BCUT2D eigenvalue weighted by Gasteiger charge is 2.65. The van der Waals surface area contributed by atoms with Crippen LogP contribution in [0.5, 0.6) is 5.75 Å². The van der Waals surface area contributed by atoms with Crippen molar-refractivity contribution in [1.82, 2.24) is 10.2 Å². The van der Waals surface area contributed by atoms with Crippen molar-refractivity contribution in [2.24, 2.45) is 11.8 Å². The SMILES string of the molecule is O=C1NC(C2CC2)(C2CC2)C(=O)N1CCOc1ccc(Cl)cc1. The van der Waals surface area contributed by atoms with Crippen molar-refractivity contribution < 1.29 is 14.3 Å². The molecule has 2 saturated carbocycles. The van der Waals surface area contributed by atoms with Crippen molar-refractivity contribution in [3.63, 3.8) is 0 Å². The number of nitrogens with zero attached hydrogens (tertiary/aromatic N) is 1. The summed E-state index contributed by atoms with van der Waals surface area (Å²) in [4.78, 5) is 26.5. The lowest BCUT2D eigenvalue weighted by atomic mass is 9.87. The van der Waals surface area contributed by atoms with E-state index >= 15 is 0 Å². The van der Waals surface area contributed by atoms with Gasteiger partial charge in [-0.15, -0.1) is 0 Å². The zero-order valence-corrected chi connectivity index (χ0v) is 13.5. The van der Waals surface area contributed by atoms with E-state index in [-0.39, 0.29) is 25.1 Å². The molecule has 1 aliphatic heterocycles. The number of carbonyl (C=O) groups is 2. The zero-order chi connectivity index (χ0) is 16.0. The number of imide groups is 1. The van der Waals surface area contributed by atoms with Crippen molar-refractivity contribution in [3.8, 4) is 5.75 Å². The number of ether oxygens (including phenoxy) is 1. The summed E-state index contributed by atoms with van der Waals surface area (Å²) in [5, 5.41) is 3.66. The van der Waals surface area contributed by atoms with Crippen molar-refractivity contribution in [2.45, 2.75) is 31.2 Å². The largest absolute Gasteiger partial charge is 0.492 e. The van der Waals surface area contributed by atoms with Gasteiger partial charge in [-0.3, -0.25) is 9.69 Å². The summed E-state index contributed by atoms with van der Waals surface area (Å²) in [7, 11) is 0. The molecule has 2 aliphatic carbocycles. The quantitative estimate of drug-likeness (QED) is 0.814. The Morgan fingerprint density at radius 1 is 1.13 bits per heavy atom. The van der Waals surface area contributed by atoms with Crippen LogP contribution in [-0.2, 0) is 4.79 Å². The second-order valence-corrected chi connectivity index (χ2v) is 7.04. The lowest BCUT2D eigenvalue weighted by molar-refractivity contribution is -0.133. The minimum absolute atomic E-state index is 0.0489. The van der Waals surface area contributed by atoms with E-state index < -0.39 is 5.54 Å². The molecule has 6 heteroatoms. The Bertz CT molecular complexity index is 626. The number of amides is 3. The van der Waals surface area contributed by atoms with Crippen LogP contribution in [0.15, 0.2) is 24.3 Å². The molecule has 1 aromatic carbocycles. The molecule has 0 aromatic heterocycles. The van der Waals surface area contributed by atoms with Gasteiger partial charge in [0.25, 0.3) is 5.91 Å². The molecule has 0 spiro atoms. The minimum Gasteiger partial charge on any atom is -0.492 e. The molecule has 1 aromatic rings. The van der Waals surface area contributed by atoms with Gasteiger partial charge in [0.2, 0.25) is 0 Å². The maximum Gasteiger partial charge on any atom is 0.325 e. The van der Waals surface area contributed by atoms with Crippen LogP contribution in [0, 0.1) is 11.8 Å². The van der Waals surface area contributed by atoms with E-state index in [1.807, 2.05) is 0 Å². The molecule has 0 radical (unpaired) electrons. The Morgan fingerprint density at radius 3 is 2.30 bits per heavy atom. The lowest BCUT2D eigenvalue weighted by Crippen LogP contribution is -2.51. The van der Waals surface area contributed by atoms with E-state index in [1.54, 1.807) is 24.3 Å². The molecular weight excluding hydrogens is 316 g/mol. The third-order valence-corrected chi connectivity index (χ3v) is 5.25. The number of hydrogen-bond acceptors (Lipinski definition) is 3. The van der Waals surface area contributed by atoms with Crippen LogP contribution in [0.3, 0.4) is 0 Å². The first-order chi connectivity index (χ1) is 11.1. The molecule has 3 amide bonds. The number of urea groups is 1. The highest BCUT2D eigenvalue weighted by atomic mass is 35.5. The third kappa shape index (κ3) is 2.57. The van der Waals surface area contributed by atoms with Crippen molar-refractivity contribution in [1.29, 1.82) is 0 Å². The molecule has 122 valence electrons. The Hall–Kier alpha value is -1.75. The molecule has 0 atom stereocenters. The second kappa shape index (κ2) is 5.41. The fourth-order valence-electron chi connectivity index (χ4n) is 3.57. The van der Waals surface area contributed by atoms with Crippen molar-refractivity contribution in [2.75, 3.05) is 13.2 Å². The highest BCUT2D eigenvalue weighted by molar-refractivity contribution is 6.30. The topological polar surface area (TPSA) is 58.6 Å². The second-order valence-electron chi connectivity index (χ2n) is 6.61. The van der Waals surface area contributed by atoms with Crippen LogP contribution in [0.4, 0.5) is 4.79 Å². The van der Waals surface area contributed by atoms with Crippen LogP contribution >= 0.6 is 11.6 Å². The van der Waals surface area contributed by atoms with Crippen molar-refractivity contribution >= 4 is 23.5 Å². The predicted molar refractivity (Wildman–Crippen MR) is 85.4 cm³/mol. The maximum atomic E-state index is 12.9. The molecule has 0 bridgehead atoms. The van der Waals surface area contributed by atoms with Gasteiger partial charge in [0.15, 0.2) is 0 Å². The van der Waals surface area contributed by atoms with E-state index in [1.165, 1.54) is 4.90 Å². The summed E-state index contributed by atoms with van der Waals surface area (Å²) in [6, 6.07) is 6.76. The Kier molecular flexibility index (Phi) is 3.48. The fraction of sp³-hybridized carbons (Fsp3) is 0.529. The number of rotatable bonds is 6. The monoisotopic (exact) mass is 334 g/mol. The standard InChI is InChI=1S/C17H19ClN2O3/c18-13-5-7-14(8-6-13)23-10-9-20-15(21)17(11-1-2-11,12-3-4-12)19-16(20)22/h5-8,11-12H,1-4,9-10H2,(H,19,22). The first-order valence-corrected chi connectivity index (χ1v) is 8.51. The van der Waals surface area contributed by atoms with Gasteiger partial charge < -0.3 is 10.1 Å². The molecule has 0 unspecified atom stereocenters. The smallest absolute Gasteiger partial charge is 0.325 e. The van der Waals surface area contributed by atoms with Gasteiger partial charge in [-0.05, 0) is 61.8 Å². The molecule has 4 rings (SSSR count). The molecule has 5 nitrogen and oxygen atoms in total. The van der Waals surface area contributed by atoms with Crippen LogP contribution in [-0.4, -0.2) is 35.5 Å². The minimum atomic E-state index is -0.614. The average molecular weight is 335 g/mol. The van der Waals surface area contributed by atoms with Gasteiger partial charge in [0.05, 0.1) is 6.54 Å². The molecule has 3 fully saturated rings. The van der Waals surface area contributed by atoms with E-state index in [0.717, 1.165) is 25.7 Å². The summed E-state index contributed by atoms with van der Waals surface area (Å²) in [6.45, 7) is 0.556. The predicted octanol–water partition coefficient (Wildman–Crippen LogP) is 2.83. The van der Waals surface area contributed by atoms with E-state index in [0.29, 0.717) is 22.6 Å². The van der Waals surface area contributed by atoms with Crippen LogP contribution in [0.1, 0.15) is 25.7 Å². The molecule has 3 aliphatic rings. The van der Waals surface area contributed by atoms with E-state index in [4.69, 9.17) is 16.3 Å². The maximum absolute atomic E-state index is 12.9. The van der Waals surface area contributed by atoms with Crippen LogP contribution in [0.2, 0.25) is 5.02 Å². The summed E-state index contributed by atoms with van der Waals surface area (Å²) < 4.78 is 5.61. The average Bonchev–Trinajstić information content (AvgIpc) is 3.43. The summed E-state index contributed by atoms with van der Waals surface area (Å²) in [5.74, 6) is 1.28. The number of hydrogen-bond donors (Lipinski definition) is 1. The lowest BCUT2D eigenvalue weighted by Gasteiger charge is -2.26. The Labute approximate surface area is 139 Å². The van der Waals surface area contributed by atoms with Crippen molar-refractivity contribution in [3.05, 3.63) is 29.3 Å². The first-order valence-electron chi connectivity index (χ1n) is 8.14. The Morgan fingerprint density at radius 2 is 1.74 bits per heavy atom. The number of carbonyl (C=O) groups excluding carboxylic acids is 2. The van der Waals surface area contributed by atoms with Gasteiger partial charge in [-0.2, -0.15) is 0 Å². The van der Waals surface area contributed by atoms with Gasteiger partial charge in [-0.1, -0.05) is 11.6 Å². The number of benzene rings is 1. The van der Waals surface area contributed by atoms with Crippen LogP contribution < -0.4 is 10.1 Å². The van der Waals surface area contributed by atoms with Gasteiger partial charge in [0.1, 0.15) is 17.9 Å². The third-order valence-electron chi connectivity index (χ3n) is 5.00. The van der Waals surface area contributed by atoms with Crippen LogP contribution in [0.25, 0.3) is 0 Å². The fourth-order valence-corrected chi connectivity index (χ4v) is 3.69. The van der Waals surface area contributed by atoms with Gasteiger partial charge >= 0.3 is 6.03 Å². The summed E-state index contributed by atoms with van der Waals surface area (Å²) >= 11 is 5.83.